The summed E-state index contributed by atoms with van der Waals surface area (Å²) in [6.07, 6.45) is 1.79. The minimum atomic E-state index is 0.0117. The van der Waals surface area contributed by atoms with Gasteiger partial charge in [0, 0.05) is 33.5 Å². The van der Waals surface area contributed by atoms with Gasteiger partial charge >= 0.3 is 0 Å². The van der Waals surface area contributed by atoms with Crippen LogP contribution in [-0.2, 0) is 9.53 Å². The minimum absolute atomic E-state index is 0.0117. The van der Waals surface area contributed by atoms with E-state index in [-0.39, 0.29) is 18.5 Å². The third kappa shape index (κ3) is 4.81. The van der Waals surface area contributed by atoms with E-state index in [0.717, 1.165) is 35.3 Å². The predicted molar refractivity (Wildman–Crippen MR) is 84.6 cm³/mol. The predicted octanol–water partition coefficient (Wildman–Crippen LogP) is 2.65. The second-order valence-corrected chi connectivity index (χ2v) is 6.03. The first-order valence-electron chi connectivity index (χ1n) is 6.21. The molecule has 6 heteroatoms. The van der Waals surface area contributed by atoms with Crippen molar-refractivity contribution in [1.29, 1.82) is 0 Å². The number of rotatable bonds is 4. The monoisotopic (exact) mass is 394 g/mol. The van der Waals surface area contributed by atoms with Crippen LogP contribution in [0.5, 0.6) is 0 Å². The van der Waals surface area contributed by atoms with E-state index in [4.69, 9.17) is 16.3 Å². The van der Waals surface area contributed by atoms with E-state index in [1.54, 1.807) is 0 Å². The van der Waals surface area contributed by atoms with Gasteiger partial charge in [0.2, 0.25) is 5.91 Å². The zero-order valence-corrected chi connectivity index (χ0v) is 13.3. The van der Waals surface area contributed by atoms with Crippen molar-refractivity contribution in [1.82, 2.24) is 5.32 Å². The summed E-state index contributed by atoms with van der Waals surface area (Å²) in [5, 5.41) is 6.83. The van der Waals surface area contributed by atoms with Crippen molar-refractivity contribution in [3.05, 3.63) is 26.8 Å². The van der Waals surface area contributed by atoms with Crippen LogP contribution >= 0.6 is 34.2 Å². The van der Waals surface area contributed by atoms with E-state index in [0.29, 0.717) is 5.02 Å². The maximum atomic E-state index is 11.8. The minimum Gasteiger partial charge on any atom is -0.381 e. The van der Waals surface area contributed by atoms with Crippen molar-refractivity contribution >= 4 is 45.8 Å². The zero-order valence-electron chi connectivity index (χ0n) is 10.4. The maximum Gasteiger partial charge on any atom is 0.239 e. The summed E-state index contributed by atoms with van der Waals surface area (Å²) in [6, 6.07) is 5.79. The molecule has 0 atom stereocenters. The Kier molecular flexibility index (Phi) is 5.72. The highest BCUT2D eigenvalue weighted by atomic mass is 127. The molecule has 1 fully saturated rings. The molecule has 1 aliphatic heterocycles. The first-order chi connectivity index (χ1) is 9.15. The van der Waals surface area contributed by atoms with Gasteiger partial charge in [0.15, 0.2) is 0 Å². The molecule has 2 rings (SSSR count). The molecular formula is C13H16ClIN2O2. The molecule has 1 aromatic rings. The van der Waals surface area contributed by atoms with Gasteiger partial charge in [-0.3, -0.25) is 4.79 Å². The number of anilines is 1. The maximum absolute atomic E-state index is 11.8. The molecule has 0 unspecified atom stereocenters. The summed E-state index contributed by atoms with van der Waals surface area (Å²) in [4.78, 5) is 11.8. The second-order valence-electron chi connectivity index (χ2n) is 4.43. The first-order valence-corrected chi connectivity index (χ1v) is 7.67. The summed E-state index contributed by atoms with van der Waals surface area (Å²) in [7, 11) is 0. The second kappa shape index (κ2) is 7.31. The molecule has 2 N–H and O–H groups in total. The lowest BCUT2D eigenvalue weighted by atomic mass is 10.1. The molecule has 1 aromatic carbocycles. The van der Waals surface area contributed by atoms with Crippen LogP contribution in [0.25, 0.3) is 0 Å². The molecule has 0 aliphatic carbocycles. The molecule has 1 saturated heterocycles. The smallest absolute Gasteiger partial charge is 0.239 e. The number of nitrogens with one attached hydrogen (secondary N) is 2. The van der Waals surface area contributed by atoms with Gasteiger partial charge in [-0.15, -0.1) is 0 Å². The van der Waals surface area contributed by atoms with Crippen LogP contribution in [0, 0.1) is 3.57 Å². The number of carbonyl (C=O) groups is 1. The van der Waals surface area contributed by atoms with Gasteiger partial charge < -0.3 is 15.4 Å². The van der Waals surface area contributed by atoms with E-state index in [1.165, 1.54) is 0 Å². The van der Waals surface area contributed by atoms with E-state index in [9.17, 15) is 4.79 Å². The number of hydrogen-bond donors (Lipinski definition) is 2. The average molecular weight is 395 g/mol. The highest BCUT2D eigenvalue weighted by Gasteiger charge is 2.15. The van der Waals surface area contributed by atoms with Gasteiger partial charge in [0.25, 0.3) is 0 Å². The van der Waals surface area contributed by atoms with Gasteiger partial charge in [-0.25, -0.2) is 0 Å². The molecule has 1 heterocycles. The summed E-state index contributed by atoms with van der Waals surface area (Å²) >= 11 is 8.08. The number of ether oxygens (including phenoxy) is 1. The number of carbonyl (C=O) groups excluding carboxylic acids is 1. The lowest BCUT2D eigenvalue weighted by Crippen LogP contribution is -2.41. The molecule has 0 spiro atoms. The van der Waals surface area contributed by atoms with Crippen LogP contribution in [0.3, 0.4) is 0 Å². The Morgan fingerprint density at radius 3 is 2.84 bits per heavy atom. The van der Waals surface area contributed by atoms with Gasteiger partial charge in [0.05, 0.1) is 6.54 Å². The Hall–Kier alpha value is -0.530. The van der Waals surface area contributed by atoms with E-state index in [1.807, 2.05) is 18.2 Å². The quantitative estimate of drug-likeness (QED) is 0.772. The summed E-state index contributed by atoms with van der Waals surface area (Å²) in [5.41, 5.74) is 0.923. The third-order valence-electron chi connectivity index (χ3n) is 2.96. The lowest BCUT2D eigenvalue weighted by Gasteiger charge is -2.23. The molecular weight excluding hydrogens is 379 g/mol. The van der Waals surface area contributed by atoms with Crippen LogP contribution in [0.4, 0.5) is 5.69 Å². The molecule has 0 aromatic heterocycles. The molecule has 19 heavy (non-hydrogen) atoms. The van der Waals surface area contributed by atoms with E-state index in [2.05, 4.69) is 33.2 Å². The van der Waals surface area contributed by atoms with Gasteiger partial charge in [-0.2, -0.15) is 0 Å². The zero-order chi connectivity index (χ0) is 13.7. The van der Waals surface area contributed by atoms with Crippen LogP contribution in [0.2, 0.25) is 5.02 Å². The Morgan fingerprint density at radius 1 is 1.42 bits per heavy atom. The summed E-state index contributed by atoms with van der Waals surface area (Å²) < 4.78 is 6.26. The number of halogens is 2. The number of benzene rings is 1. The Bertz CT molecular complexity index is 450. The largest absolute Gasteiger partial charge is 0.381 e. The molecule has 0 bridgehead atoms. The van der Waals surface area contributed by atoms with Gasteiger partial charge in [0.1, 0.15) is 0 Å². The summed E-state index contributed by atoms with van der Waals surface area (Å²) in [6.45, 7) is 1.73. The Morgan fingerprint density at radius 2 is 2.16 bits per heavy atom. The fourth-order valence-corrected chi connectivity index (χ4v) is 2.99. The van der Waals surface area contributed by atoms with Crippen molar-refractivity contribution in [3.8, 4) is 0 Å². The third-order valence-corrected chi connectivity index (χ3v) is 4.08. The van der Waals surface area contributed by atoms with Crippen molar-refractivity contribution in [2.24, 2.45) is 0 Å². The Labute approximate surface area is 131 Å². The molecule has 4 nitrogen and oxygen atoms in total. The van der Waals surface area contributed by atoms with E-state index < -0.39 is 0 Å². The average Bonchev–Trinajstić information content (AvgIpc) is 2.39. The van der Waals surface area contributed by atoms with E-state index >= 15 is 0 Å². The standard InChI is InChI=1S/C13H16ClIN2O2/c14-9-1-2-12(11(15)7-9)16-8-13(18)17-10-3-5-19-6-4-10/h1-2,7,10,16H,3-6,8H2,(H,17,18). The number of hydrogen-bond acceptors (Lipinski definition) is 3. The molecule has 0 saturated carbocycles. The van der Waals surface area contributed by atoms with Crippen molar-refractivity contribution in [2.75, 3.05) is 25.1 Å². The van der Waals surface area contributed by atoms with Crippen LogP contribution in [0.15, 0.2) is 18.2 Å². The highest BCUT2D eigenvalue weighted by Crippen LogP contribution is 2.21. The fourth-order valence-electron chi connectivity index (χ4n) is 1.93. The van der Waals surface area contributed by atoms with Crippen molar-refractivity contribution < 1.29 is 9.53 Å². The molecule has 0 radical (unpaired) electrons. The fraction of sp³-hybridized carbons (Fsp3) is 0.462. The SMILES string of the molecule is O=C(CNc1ccc(Cl)cc1I)NC1CCOCC1. The lowest BCUT2D eigenvalue weighted by molar-refractivity contribution is -0.120. The van der Waals surface area contributed by atoms with Crippen LogP contribution in [0.1, 0.15) is 12.8 Å². The topological polar surface area (TPSA) is 50.4 Å². The van der Waals surface area contributed by atoms with Gasteiger partial charge in [-0.05, 0) is 53.6 Å². The first kappa shape index (κ1) is 14.9. The van der Waals surface area contributed by atoms with Crippen molar-refractivity contribution in [3.63, 3.8) is 0 Å². The normalized spacial score (nSPS) is 16.1. The van der Waals surface area contributed by atoms with Gasteiger partial charge in [-0.1, -0.05) is 11.6 Å². The van der Waals surface area contributed by atoms with Crippen LogP contribution < -0.4 is 10.6 Å². The molecule has 1 amide bonds. The van der Waals surface area contributed by atoms with Crippen molar-refractivity contribution in [2.45, 2.75) is 18.9 Å². The summed E-state index contributed by atoms with van der Waals surface area (Å²) in [5.74, 6) is 0.0117. The van der Waals surface area contributed by atoms with Crippen LogP contribution in [-0.4, -0.2) is 31.7 Å². The highest BCUT2D eigenvalue weighted by molar-refractivity contribution is 14.1. The number of amides is 1. The Balaban J connectivity index is 1.79. The molecule has 104 valence electrons. The molecule has 1 aliphatic rings.